The maximum absolute atomic E-state index is 10.2. The Bertz CT molecular complexity index is 141. The predicted octanol–water partition coefficient (Wildman–Crippen LogP) is 0.803. The first-order chi connectivity index (χ1) is 5.22. The van der Waals surface area contributed by atoms with Crippen molar-refractivity contribution in [2.45, 2.75) is 19.8 Å². The first-order valence-corrected chi connectivity index (χ1v) is 4.16. The maximum atomic E-state index is 10.2. The molecule has 0 aromatic carbocycles. The number of rotatable bonds is 4. The summed E-state index contributed by atoms with van der Waals surface area (Å²) in [5, 5.41) is 8.42. The average molecular weight is 157 g/mol. The van der Waals surface area contributed by atoms with Gasteiger partial charge in [-0.25, -0.2) is 0 Å². The summed E-state index contributed by atoms with van der Waals surface area (Å²) in [7, 11) is 0. The van der Waals surface area contributed by atoms with E-state index in [0.717, 1.165) is 19.0 Å². The molecule has 0 spiro atoms. The van der Waals surface area contributed by atoms with Gasteiger partial charge in [0.05, 0.1) is 6.54 Å². The topological polar surface area (TPSA) is 40.5 Å². The van der Waals surface area contributed by atoms with Crippen LogP contribution in [0.5, 0.6) is 0 Å². The standard InChI is InChI=1S/C8H15NO2/c1-2-3-7-4-9(5-7)6-8(10)11/h7H,2-6H2,1H3,(H,10,11). The predicted molar refractivity (Wildman–Crippen MR) is 42.5 cm³/mol. The molecule has 1 fully saturated rings. The molecule has 1 aliphatic heterocycles. The van der Waals surface area contributed by atoms with Crippen molar-refractivity contribution in [3.63, 3.8) is 0 Å². The molecule has 1 aliphatic rings. The Hall–Kier alpha value is -0.570. The molecule has 0 aromatic heterocycles. The molecule has 0 saturated carbocycles. The van der Waals surface area contributed by atoms with E-state index in [1.165, 1.54) is 12.8 Å². The highest BCUT2D eigenvalue weighted by Gasteiger charge is 2.26. The van der Waals surface area contributed by atoms with Crippen molar-refractivity contribution in [1.29, 1.82) is 0 Å². The van der Waals surface area contributed by atoms with Crippen LogP contribution in [0.15, 0.2) is 0 Å². The summed E-state index contributed by atoms with van der Waals surface area (Å²) < 4.78 is 0. The molecule has 3 heteroatoms. The minimum Gasteiger partial charge on any atom is -0.480 e. The van der Waals surface area contributed by atoms with Gasteiger partial charge in [0, 0.05) is 13.1 Å². The molecule has 0 aliphatic carbocycles. The Morgan fingerprint density at radius 2 is 2.27 bits per heavy atom. The van der Waals surface area contributed by atoms with E-state index in [4.69, 9.17) is 5.11 Å². The number of carboxylic acid groups (broad SMARTS) is 1. The van der Waals surface area contributed by atoms with E-state index in [9.17, 15) is 4.79 Å². The minimum atomic E-state index is -0.708. The quantitative estimate of drug-likeness (QED) is 0.656. The number of aliphatic carboxylic acids is 1. The van der Waals surface area contributed by atoms with E-state index in [-0.39, 0.29) is 6.54 Å². The number of hydrogen-bond acceptors (Lipinski definition) is 2. The van der Waals surface area contributed by atoms with Gasteiger partial charge in [0.1, 0.15) is 0 Å². The van der Waals surface area contributed by atoms with Gasteiger partial charge in [0.2, 0.25) is 0 Å². The van der Waals surface area contributed by atoms with Crippen LogP contribution in [0.2, 0.25) is 0 Å². The number of likely N-dealkylation sites (tertiary alicyclic amines) is 1. The Kier molecular flexibility index (Phi) is 2.88. The number of carbonyl (C=O) groups is 1. The molecule has 1 rings (SSSR count). The largest absolute Gasteiger partial charge is 0.480 e. The summed E-state index contributed by atoms with van der Waals surface area (Å²) in [5.74, 6) is 0.0549. The van der Waals surface area contributed by atoms with Crippen molar-refractivity contribution < 1.29 is 9.90 Å². The van der Waals surface area contributed by atoms with Crippen molar-refractivity contribution in [3.05, 3.63) is 0 Å². The van der Waals surface area contributed by atoms with Gasteiger partial charge in [-0.2, -0.15) is 0 Å². The van der Waals surface area contributed by atoms with Crippen molar-refractivity contribution in [2.75, 3.05) is 19.6 Å². The van der Waals surface area contributed by atoms with Crippen molar-refractivity contribution in [2.24, 2.45) is 5.92 Å². The van der Waals surface area contributed by atoms with Gasteiger partial charge in [0.15, 0.2) is 0 Å². The molecule has 3 nitrogen and oxygen atoms in total. The molecule has 11 heavy (non-hydrogen) atoms. The molecular weight excluding hydrogens is 142 g/mol. The Morgan fingerprint density at radius 1 is 1.64 bits per heavy atom. The van der Waals surface area contributed by atoms with Crippen LogP contribution < -0.4 is 0 Å². The fourth-order valence-electron chi connectivity index (χ4n) is 1.59. The van der Waals surface area contributed by atoms with Gasteiger partial charge >= 0.3 is 5.97 Å². The normalized spacial score (nSPS) is 19.7. The monoisotopic (exact) mass is 157 g/mol. The second-order valence-corrected chi connectivity index (χ2v) is 3.24. The number of nitrogens with zero attached hydrogens (tertiary/aromatic N) is 1. The van der Waals surface area contributed by atoms with E-state index in [0.29, 0.717) is 0 Å². The summed E-state index contributed by atoms with van der Waals surface area (Å²) in [6, 6.07) is 0. The summed E-state index contributed by atoms with van der Waals surface area (Å²) in [5.41, 5.74) is 0. The zero-order chi connectivity index (χ0) is 8.27. The van der Waals surface area contributed by atoms with Crippen LogP contribution in [-0.4, -0.2) is 35.6 Å². The van der Waals surface area contributed by atoms with Gasteiger partial charge < -0.3 is 5.11 Å². The van der Waals surface area contributed by atoms with E-state index in [2.05, 4.69) is 6.92 Å². The lowest BCUT2D eigenvalue weighted by atomic mass is 9.95. The molecule has 0 unspecified atom stereocenters. The van der Waals surface area contributed by atoms with Crippen molar-refractivity contribution >= 4 is 5.97 Å². The van der Waals surface area contributed by atoms with E-state index in [1.807, 2.05) is 4.90 Å². The first-order valence-electron chi connectivity index (χ1n) is 4.16. The van der Waals surface area contributed by atoms with E-state index < -0.39 is 5.97 Å². The molecule has 0 amide bonds. The second kappa shape index (κ2) is 3.72. The summed E-state index contributed by atoms with van der Waals surface area (Å²) in [6.45, 7) is 4.36. The minimum absolute atomic E-state index is 0.222. The average Bonchev–Trinajstić information content (AvgIpc) is 1.82. The Balaban J connectivity index is 2.04. The fourth-order valence-corrected chi connectivity index (χ4v) is 1.59. The van der Waals surface area contributed by atoms with Crippen LogP contribution in [0.1, 0.15) is 19.8 Å². The molecule has 0 aromatic rings. The zero-order valence-electron chi connectivity index (χ0n) is 6.92. The zero-order valence-corrected chi connectivity index (χ0v) is 6.92. The molecule has 64 valence electrons. The van der Waals surface area contributed by atoms with Crippen LogP contribution >= 0.6 is 0 Å². The highest BCUT2D eigenvalue weighted by atomic mass is 16.4. The molecule has 1 saturated heterocycles. The SMILES string of the molecule is CCCC1CN(CC(=O)O)C1. The van der Waals surface area contributed by atoms with Crippen LogP contribution in [0.3, 0.4) is 0 Å². The third-order valence-electron chi connectivity index (χ3n) is 2.09. The lowest BCUT2D eigenvalue weighted by molar-refractivity contribution is -0.140. The van der Waals surface area contributed by atoms with Crippen LogP contribution in [0.4, 0.5) is 0 Å². The first kappa shape index (κ1) is 8.53. The summed E-state index contributed by atoms with van der Waals surface area (Å²) >= 11 is 0. The smallest absolute Gasteiger partial charge is 0.317 e. The highest BCUT2D eigenvalue weighted by Crippen LogP contribution is 2.19. The van der Waals surface area contributed by atoms with E-state index >= 15 is 0 Å². The van der Waals surface area contributed by atoms with E-state index in [1.54, 1.807) is 0 Å². The third kappa shape index (κ3) is 2.50. The van der Waals surface area contributed by atoms with Gasteiger partial charge in [-0.15, -0.1) is 0 Å². The number of carboxylic acids is 1. The molecular formula is C8H15NO2. The van der Waals surface area contributed by atoms with Crippen LogP contribution in [0.25, 0.3) is 0 Å². The highest BCUT2D eigenvalue weighted by molar-refractivity contribution is 5.69. The maximum Gasteiger partial charge on any atom is 0.317 e. The second-order valence-electron chi connectivity index (χ2n) is 3.24. The van der Waals surface area contributed by atoms with Gasteiger partial charge in [-0.1, -0.05) is 13.3 Å². The summed E-state index contributed by atoms with van der Waals surface area (Å²) in [6.07, 6.45) is 2.46. The fraction of sp³-hybridized carbons (Fsp3) is 0.875. The Morgan fingerprint density at radius 3 is 2.73 bits per heavy atom. The van der Waals surface area contributed by atoms with Crippen LogP contribution in [0, 0.1) is 5.92 Å². The van der Waals surface area contributed by atoms with Crippen molar-refractivity contribution in [1.82, 2.24) is 4.90 Å². The molecule has 1 heterocycles. The Labute approximate surface area is 67.0 Å². The lowest BCUT2D eigenvalue weighted by Gasteiger charge is -2.38. The van der Waals surface area contributed by atoms with Gasteiger partial charge in [0.25, 0.3) is 0 Å². The molecule has 0 radical (unpaired) electrons. The number of hydrogen-bond donors (Lipinski definition) is 1. The van der Waals surface area contributed by atoms with Gasteiger partial charge in [-0.05, 0) is 12.3 Å². The van der Waals surface area contributed by atoms with Crippen LogP contribution in [-0.2, 0) is 4.79 Å². The van der Waals surface area contributed by atoms with Crippen molar-refractivity contribution in [3.8, 4) is 0 Å². The van der Waals surface area contributed by atoms with Gasteiger partial charge in [-0.3, -0.25) is 9.69 Å². The summed E-state index contributed by atoms with van der Waals surface area (Å²) in [4.78, 5) is 12.2. The third-order valence-corrected chi connectivity index (χ3v) is 2.09. The molecule has 1 N–H and O–H groups in total. The molecule has 0 bridgehead atoms. The lowest BCUT2D eigenvalue weighted by Crippen LogP contribution is -2.48. The molecule has 0 atom stereocenters.